The van der Waals surface area contributed by atoms with Gasteiger partial charge in [-0.25, -0.2) is 9.78 Å². The first-order chi connectivity index (χ1) is 24.6. The summed E-state index contributed by atoms with van der Waals surface area (Å²) in [5.41, 5.74) is -0.952. The largest absolute Gasteiger partial charge is 0.497 e. The summed E-state index contributed by atoms with van der Waals surface area (Å²) < 4.78 is 30.9. The highest BCUT2D eigenvalue weighted by Crippen LogP contribution is 2.55. The molecule has 2 aliphatic rings. The average molecular weight is 712 g/mol. The molecule has 4 heterocycles. The number of hydrogen-bond donors (Lipinski definition) is 2. The molecule has 2 fully saturated rings. The van der Waals surface area contributed by atoms with Crippen LogP contribution in [-0.2, 0) is 19.9 Å². The molecular weight excluding hydrogens is 675 g/mol. The number of benzene rings is 3. The molecule has 3 aromatic carbocycles. The van der Waals surface area contributed by atoms with Crippen molar-refractivity contribution in [2.45, 2.75) is 43.7 Å². The van der Waals surface area contributed by atoms with Crippen LogP contribution < -0.4 is 25.6 Å². The van der Waals surface area contributed by atoms with Crippen molar-refractivity contribution in [3.05, 3.63) is 134 Å². The van der Waals surface area contributed by atoms with Crippen molar-refractivity contribution in [1.82, 2.24) is 18.9 Å². The van der Waals surface area contributed by atoms with E-state index in [0.29, 0.717) is 28.0 Å². The highest BCUT2D eigenvalue weighted by Gasteiger charge is 2.66. The van der Waals surface area contributed by atoms with Crippen LogP contribution >= 0.6 is 11.5 Å². The molecule has 0 radical (unpaired) electrons. The third-order valence-electron chi connectivity index (χ3n) is 9.82. The Labute approximate surface area is 297 Å². The Balaban J connectivity index is 1.41. The summed E-state index contributed by atoms with van der Waals surface area (Å²) in [6.45, 7) is 3.51. The number of aromatic amines is 1. The summed E-state index contributed by atoms with van der Waals surface area (Å²) >= 11 is 1.19. The molecule has 51 heavy (non-hydrogen) atoms. The number of carboxylic acids is 1. The molecule has 0 unspecified atom stereocenters. The molecule has 4 atom stereocenters. The number of hydrogen-bond acceptors (Lipinski definition) is 11. The minimum absolute atomic E-state index is 0.0870. The van der Waals surface area contributed by atoms with Gasteiger partial charge in [-0.1, -0.05) is 54.6 Å². The van der Waals surface area contributed by atoms with E-state index in [-0.39, 0.29) is 19.6 Å². The fourth-order valence-corrected chi connectivity index (χ4v) is 8.13. The van der Waals surface area contributed by atoms with Crippen LogP contribution in [0.3, 0.4) is 0 Å². The Hall–Kier alpha value is -5.31. The summed E-state index contributed by atoms with van der Waals surface area (Å²) in [6.07, 6.45) is 0.192. The number of carbonyl (C=O) groups is 1. The van der Waals surface area contributed by atoms with Crippen LogP contribution in [0.5, 0.6) is 11.5 Å². The molecule has 7 rings (SSSR count). The van der Waals surface area contributed by atoms with E-state index in [0.717, 1.165) is 16.7 Å². The van der Waals surface area contributed by atoms with Gasteiger partial charge in [-0.2, -0.15) is 4.37 Å². The zero-order valence-corrected chi connectivity index (χ0v) is 29.3. The van der Waals surface area contributed by atoms with Gasteiger partial charge in [0.2, 0.25) is 5.13 Å². The van der Waals surface area contributed by atoms with Gasteiger partial charge in [-0.3, -0.25) is 19.1 Å². The summed E-state index contributed by atoms with van der Waals surface area (Å²) in [5.74, 6) is 0.207. The maximum absolute atomic E-state index is 13.3. The number of H-pyrrole nitrogens is 1. The standard InChI is InChI=1S/C37H37N5O8S/c1-22-19-41(34(46)39-32(22)45)33-31-29(18-30(43)44)36(50-33,20-42(31)35-38-23(2)40-51-35)21-49-37(24-8-6-5-7-9-24,25-10-14-27(47-3)15-11-25)26-12-16-28(48-4)17-13-26/h5-17,19,29,31,33H,18,20-21H2,1-4H3,(H,43,44)(H,39,45,46)/t29-,31+,33+,36+/m0/s1. The lowest BCUT2D eigenvalue weighted by molar-refractivity contribution is -0.156. The predicted octanol–water partition coefficient (Wildman–Crippen LogP) is 4.28. The maximum Gasteiger partial charge on any atom is 0.330 e. The number of morpholine rings is 1. The molecule has 0 saturated carbocycles. The van der Waals surface area contributed by atoms with Crippen LogP contribution in [-0.4, -0.2) is 69.0 Å². The predicted molar refractivity (Wildman–Crippen MR) is 189 cm³/mol. The number of anilines is 1. The zero-order chi connectivity index (χ0) is 35.9. The van der Waals surface area contributed by atoms with E-state index in [1.807, 2.05) is 83.8 Å². The Morgan fingerprint density at radius 1 is 0.980 bits per heavy atom. The second-order valence-electron chi connectivity index (χ2n) is 12.8. The highest BCUT2D eigenvalue weighted by atomic mass is 32.1. The molecule has 0 aliphatic carbocycles. The number of aryl methyl sites for hydroxylation is 2. The van der Waals surface area contributed by atoms with Crippen LogP contribution in [0, 0.1) is 19.8 Å². The number of rotatable bonds is 12. The summed E-state index contributed by atoms with van der Waals surface area (Å²) in [5, 5.41) is 10.9. The number of ether oxygens (including phenoxy) is 4. The number of methoxy groups -OCH3 is 2. The number of nitrogens with zero attached hydrogens (tertiary/aromatic N) is 4. The van der Waals surface area contributed by atoms with Crippen molar-refractivity contribution in [3.8, 4) is 11.5 Å². The lowest BCUT2D eigenvalue weighted by Crippen LogP contribution is -2.51. The molecule has 264 valence electrons. The monoisotopic (exact) mass is 711 g/mol. The molecule has 5 aromatic rings. The van der Waals surface area contributed by atoms with E-state index in [4.69, 9.17) is 18.9 Å². The van der Waals surface area contributed by atoms with Gasteiger partial charge >= 0.3 is 11.7 Å². The van der Waals surface area contributed by atoms with Crippen molar-refractivity contribution in [2.75, 3.05) is 32.3 Å². The van der Waals surface area contributed by atoms with Crippen molar-refractivity contribution in [2.24, 2.45) is 5.92 Å². The third kappa shape index (κ3) is 5.98. The average Bonchev–Trinajstić information content (AvgIpc) is 3.80. The second-order valence-corrected chi connectivity index (χ2v) is 13.5. The molecular formula is C37H37N5O8S. The lowest BCUT2D eigenvalue weighted by Gasteiger charge is -2.41. The van der Waals surface area contributed by atoms with E-state index < -0.39 is 46.6 Å². The summed E-state index contributed by atoms with van der Waals surface area (Å²) in [6, 6.07) is 24.3. The Kier molecular flexibility index (Phi) is 9.00. The van der Waals surface area contributed by atoms with Gasteiger partial charge in [0.15, 0.2) is 6.23 Å². The first-order valence-electron chi connectivity index (χ1n) is 16.4. The summed E-state index contributed by atoms with van der Waals surface area (Å²) in [7, 11) is 3.21. The van der Waals surface area contributed by atoms with Gasteiger partial charge in [0.05, 0.1) is 39.8 Å². The number of carboxylic acid groups (broad SMARTS) is 1. The zero-order valence-electron chi connectivity index (χ0n) is 28.4. The van der Waals surface area contributed by atoms with Gasteiger partial charge < -0.3 is 29.0 Å². The normalized spacial score (nSPS) is 21.2. The lowest BCUT2D eigenvalue weighted by atomic mass is 9.79. The number of aromatic nitrogens is 4. The van der Waals surface area contributed by atoms with Crippen molar-refractivity contribution in [1.29, 1.82) is 0 Å². The Bertz CT molecular complexity index is 2100. The quantitative estimate of drug-likeness (QED) is 0.178. The summed E-state index contributed by atoms with van der Waals surface area (Å²) in [4.78, 5) is 47.3. The fourth-order valence-electron chi connectivity index (χ4n) is 7.41. The van der Waals surface area contributed by atoms with Crippen LogP contribution in [0.4, 0.5) is 5.13 Å². The smallest absolute Gasteiger partial charge is 0.330 e. The first kappa shape index (κ1) is 34.2. The molecule has 0 amide bonds. The van der Waals surface area contributed by atoms with E-state index in [9.17, 15) is 19.5 Å². The van der Waals surface area contributed by atoms with Gasteiger partial charge in [0.25, 0.3) is 5.56 Å². The number of nitrogens with one attached hydrogen (secondary N) is 1. The van der Waals surface area contributed by atoms with Gasteiger partial charge in [0, 0.05) is 29.2 Å². The van der Waals surface area contributed by atoms with E-state index in [2.05, 4.69) is 14.3 Å². The molecule has 2 saturated heterocycles. The van der Waals surface area contributed by atoms with Crippen LogP contribution in [0.25, 0.3) is 0 Å². The van der Waals surface area contributed by atoms with E-state index in [1.54, 1.807) is 28.1 Å². The van der Waals surface area contributed by atoms with Crippen LogP contribution in [0.15, 0.2) is 94.6 Å². The van der Waals surface area contributed by atoms with Gasteiger partial charge in [-0.15, -0.1) is 0 Å². The Morgan fingerprint density at radius 3 is 2.14 bits per heavy atom. The van der Waals surface area contributed by atoms with Crippen LogP contribution in [0.1, 0.15) is 40.7 Å². The maximum atomic E-state index is 13.3. The molecule has 2 N–H and O–H groups in total. The van der Waals surface area contributed by atoms with Crippen molar-refractivity contribution >= 4 is 22.6 Å². The van der Waals surface area contributed by atoms with Gasteiger partial charge in [0.1, 0.15) is 28.5 Å². The van der Waals surface area contributed by atoms with Crippen molar-refractivity contribution in [3.63, 3.8) is 0 Å². The Morgan fingerprint density at radius 2 is 1.59 bits per heavy atom. The highest BCUT2D eigenvalue weighted by molar-refractivity contribution is 7.09. The molecule has 2 aromatic heterocycles. The van der Waals surface area contributed by atoms with Gasteiger partial charge in [-0.05, 0) is 54.8 Å². The van der Waals surface area contributed by atoms with E-state index >= 15 is 0 Å². The SMILES string of the molecule is COc1ccc(C(OC[C@@]23CN(c4nc(C)ns4)[C@@H]([C@H](n4cc(C)c(=O)[nH]c4=O)O2)[C@@H]3CC(=O)O)(c2ccccc2)c2ccc(OC)cc2)cc1. The third-order valence-corrected chi connectivity index (χ3v) is 10.7. The van der Waals surface area contributed by atoms with E-state index in [1.165, 1.54) is 22.3 Å². The first-order valence-corrected chi connectivity index (χ1v) is 17.1. The molecule has 0 spiro atoms. The van der Waals surface area contributed by atoms with Crippen LogP contribution in [0.2, 0.25) is 0 Å². The molecule has 14 heteroatoms. The molecule has 13 nitrogen and oxygen atoms in total. The molecule has 2 bridgehead atoms. The molecule has 2 aliphatic heterocycles. The van der Waals surface area contributed by atoms with Crippen molar-refractivity contribution < 1.29 is 28.8 Å². The fraction of sp³-hybridized carbons (Fsp3) is 0.324. The topological polar surface area (TPSA) is 158 Å². The second kappa shape index (κ2) is 13.4. The number of fused-ring (bicyclic) bond motifs is 2. The minimum atomic E-state index is -1.25. The number of aliphatic carboxylic acids is 1. The minimum Gasteiger partial charge on any atom is -0.497 e.